The third-order valence-electron chi connectivity index (χ3n) is 6.07. The van der Waals surface area contributed by atoms with E-state index in [0.29, 0.717) is 28.3 Å². The van der Waals surface area contributed by atoms with Crippen LogP contribution in [0.1, 0.15) is 18.9 Å². The number of pyridine rings is 1. The summed E-state index contributed by atoms with van der Waals surface area (Å²) in [6, 6.07) is 14.9. The fourth-order valence-corrected chi connectivity index (χ4v) is 4.44. The summed E-state index contributed by atoms with van der Waals surface area (Å²) in [7, 11) is 1.81. The van der Waals surface area contributed by atoms with Crippen LogP contribution in [0.25, 0.3) is 22.0 Å². The summed E-state index contributed by atoms with van der Waals surface area (Å²) in [6.45, 7) is 3.62. The molecule has 2 amide bonds. The van der Waals surface area contributed by atoms with E-state index in [-0.39, 0.29) is 29.7 Å². The molecule has 0 saturated carbocycles. The lowest BCUT2D eigenvalue weighted by Gasteiger charge is -2.21. The second-order valence-corrected chi connectivity index (χ2v) is 8.45. The molecule has 1 N–H and O–H groups in total. The zero-order valence-corrected chi connectivity index (χ0v) is 18.6. The van der Waals surface area contributed by atoms with Gasteiger partial charge in [-0.05, 0) is 42.8 Å². The lowest BCUT2D eigenvalue weighted by atomic mass is 10.0. The first-order chi connectivity index (χ1) is 15.8. The van der Waals surface area contributed by atoms with Crippen molar-refractivity contribution >= 4 is 28.4 Å². The number of aromatic nitrogens is 2. The van der Waals surface area contributed by atoms with Gasteiger partial charge in [0.1, 0.15) is 17.0 Å². The molecule has 0 aliphatic carbocycles. The molecule has 1 atom stereocenters. The van der Waals surface area contributed by atoms with E-state index >= 15 is 0 Å². The molecular weight excluding hydrogens is 418 g/mol. The number of rotatable bonds is 4. The maximum absolute atomic E-state index is 12.8. The van der Waals surface area contributed by atoms with Crippen LogP contribution in [0.3, 0.4) is 0 Å². The van der Waals surface area contributed by atoms with Crippen LogP contribution in [0.5, 0.6) is 11.5 Å². The number of amides is 2. The van der Waals surface area contributed by atoms with Gasteiger partial charge in [-0.3, -0.25) is 19.3 Å². The Morgan fingerprint density at radius 1 is 1.03 bits per heavy atom. The standard InChI is InChI=1S/C26H23N3O4/c1-15-11-22(33-17-7-5-4-6-8-17)19(13-21(15)29-23(30)12-16(2)26(29)32)20-14-28(3)24-18(20)9-10-27-25(24)31/h4-11,13-14,16H,12H2,1-3H3,(H,27,31). The topological polar surface area (TPSA) is 84.4 Å². The molecular formula is C26H23N3O4. The molecule has 33 heavy (non-hydrogen) atoms. The monoisotopic (exact) mass is 441 g/mol. The number of carbonyl (C=O) groups is 2. The maximum Gasteiger partial charge on any atom is 0.272 e. The Labute approximate surface area is 190 Å². The minimum absolute atomic E-state index is 0.194. The van der Waals surface area contributed by atoms with Crippen LogP contribution in [-0.4, -0.2) is 21.4 Å². The minimum Gasteiger partial charge on any atom is -0.457 e. The second-order valence-electron chi connectivity index (χ2n) is 8.45. The van der Waals surface area contributed by atoms with Crippen LogP contribution < -0.4 is 15.2 Å². The van der Waals surface area contributed by atoms with Gasteiger partial charge < -0.3 is 14.3 Å². The van der Waals surface area contributed by atoms with Crippen LogP contribution >= 0.6 is 0 Å². The van der Waals surface area contributed by atoms with Gasteiger partial charge in [-0.15, -0.1) is 0 Å². The van der Waals surface area contributed by atoms with Gasteiger partial charge in [0.05, 0.1) is 5.69 Å². The van der Waals surface area contributed by atoms with Crippen molar-refractivity contribution in [1.82, 2.24) is 9.55 Å². The third kappa shape index (κ3) is 3.42. The number of aryl methyl sites for hydroxylation is 2. The Hall–Kier alpha value is -4.13. The predicted molar refractivity (Wildman–Crippen MR) is 127 cm³/mol. The maximum atomic E-state index is 12.8. The van der Waals surface area contributed by atoms with E-state index in [1.165, 1.54) is 4.90 Å². The van der Waals surface area contributed by atoms with Gasteiger partial charge in [0.15, 0.2) is 0 Å². The van der Waals surface area contributed by atoms with E-state index in [9.17, 15) is 14.4 Å². The molecule has 3 heterocycles. The summed E-state index contributed by atoms with van der Waals surface area (Å²) in [5.74, 6) is 0.456. The van der Waals surface area contributed by atoms with E-state index in [1.807, 2.05) is 68.7 Å². The molecule has 0 spiro atoms. The molecule has 4 aromatic rings. The number of anilines is 1. The summed E-state index contributed by atoms with van der Waals surface area (Å²) in [5, 5.41) is 0.751. The van der Waals surface area contributed by atoms with Crippen LogP contribution in [0.2, 0.25) is 0 Å². The molecule has 2 aromatic carbocycles. The number of benzene rings is 2. The van der Waals surface area contributed by atoms with Gasteiger partial charge in [-0.25, -0.2) is 0 Å². The van der Waals surface area contributed by atoms with Gasteiger partial charge in [0, 0.05) is 48.3 Å². The highest BCUT2D eigenvalue weighted by atomic mass is 16.5. The van der Waals surface area contributed by atoms with Gasteiger partial charge in [-0.2, -0.15) is 0 Å². The highest BCUT2D eigenvalue weighted by Gasteiger charge is 2.37. The van der Waals surface area contributed by atoms with Crippen molar-refractivity contribution in [3.63, 3.8) is 0 Å². The van der Waals surface area contributed by atoms with Gasteiger partial charge in [0.2, 0.25) is 11.8 Å². The zero-order chi connectivity index (χ0) is 23.3. The van der Waals surface area contributed by atoms with Gasteiger partial charge in [0.25, 0.3) is 5.56 Å². The van der Waals surface area contributed by atoms with Crippen molar-refractivity contribution in [3.8, 4) is 22.6 Å². The number of H-pyrrole nitrogens is 1. The van der Waals surface area contributed by atoms with E-state index in [0.717, 1.165) is 16.5 Å². The Bertz CT molecular complexity index is 1470. The summed E-state index contributed by atoms with van der Waals surface area (Å²) in [5.41, 5.74) is 3.08. The molecule has 0 bridgehead atoms. The largest absolute Gasteiger partial charge is 0.457 e. The van der Waals surface area contributed by atoms with Crippen molar-refractivity contribution in [3.05, 3.63) is 76.8 Å². The molecule has 1 saturated heterocycles. The number of hydrogen-bond donors (Lipinski definition) is 1. The van der Waals surface area contributed by atoms with E-state index in [1.54, 1.807) is 17.7 Å². The number of carbonyl (C=O) groups excluding carboxylic acids is 2. The minimum atomic E-state index is -0.350. The normalized spacial score (nSPS) is 16.1. The van der Waals surface area contributed by atoms with Crippen LogP contribution in [0.4, 0.5) is 5.69 Å². The first kappa shape index (κ1) is 20.8. The summed E-state index contributed by atoms with van der Waals surface area (Å²) in [4.78, 5) is 41.9. The lowest BCUT2D eigenvalue weighted by Crippen LogP contribution is -2.30. The number of fused-ring (bicyclic) bond motifs is 1. The fourth-order valence-electron chi connectivity index (χ4n) is 4.44. The second kappa shape index (κ2) is 7.78. The molecule has 5 rings (SSSR count). The number of aromatic amines is 1. The smallest absolute Gasteiger partial charge is 0.272 e. The van der Waals surface area contributed by atoms with Crippen molar-refractivity contribution < 1.29 is 14.3 Å². The Kier molecular flexibility index (Phi) is 4.89. The predicted octanol–water partition coefficient (Wildman–Crippen LogP) is 4.53. The first-order valence-corrected chi connectivity index (χ1v) is 10.8. The molecule has 2 aromatic heterocycles. The molecule has 0 radical (unpaired) electrons. The van der Waals surface area contributed by atoms with Crippen LogP contribution in [0, 0.1) is 12.8 Å². The van der Waals surface area contributed by atoms with Gasteiger partial charge >= 0.3 is 0 Å². The number of hydrogen-bond acceptors (Lipinski definition) is 4. The van der Waals surface area contributed by atoms with E-state index < -0.39 is 0 Å². The molecule has 7 nitrogen and oxygen atoms in total. The molecule has 1 aliphatic heterocycles. The van der Waals surface area contributed by atoms with Crippen molar-refractivity contribution in [2.24, 2.45) is 13.0 Å². The number of para-hydroxylation sites is 1. The summed E-state index contributed by atoms with van der Waals surface area (Å²) in [6.07, 6.45) is 3.66. The molecule has 1 fully saturated rings. The average molecular weight is 441 g/mol. The van der Waals surface area contributed by atoms with E-state index in [2.05, 4.69) is 4.98 Å². The Morgan fingerprint density at radius 3 is 2.48 bits per heavy atom. The SMILES string of the molecule is Cc1cc(Oc2ccccc2)c(-c2cn(C)c3c(=O)[nH]ccc23)cc1N1C(=O)CC(C)C1=O. The zero-order valence-electron chi connectivity index (χ0n) is 18.6. The molecule has 1 unspecified atom stereocenters. The number of imide groups is 1. The van der Waals surface area contributed by atoms with E-state index in [4.69, 9.17) is 4.74 Å². The molecule has 7 heteroatoms. The number of nitrogens with zero attached hydrogens (tertiary/aromatic N) is 2. The quantitative estimate of drug-likeness (QED) is 0.472. The lowest BCUT2D eigenvalue weighted by molar-refractivity contribution is -0.122. The van der Waals surface area contributed by atoms with Crippen molar-refractivity contribution in [2.45, 2.75) is 20.3 Å². The average Bonchev–Trinajstić information content (AvgIpc) is 3.25. The molecule has 1 aliphatic rings. The Morgan fingerprint density at radius 2 is 1.79 bits per heavy atom. The highest BCUT2D eigenvalue weighted by Crippen LogP contribution is 2.42. The first-order valence-electron chi connectivity index (χ1n) is 10.8. The third-order valence-corrected chi connectivity index (χ3v) is 6.07. The Balaban J connectivity index is 1.76. The molecule has 166 valence electrons. The van der Waals surface area contributed by atoms with Crippen LogP contribution in [0.15, 0.2) is 65.7 Å². The highest BCUT2D eigenvalue weighted by molar-refractivity contribution is 6.21. The summed E-state index contributed by atoms with van der Waals surface area (Å²) >= 11 is 0. The number of ether oxygens (including phenoxy) is 1. The van der Waals surface area contributed by atoms with Crippen molar-refractivity contribution in [2.75, 3.05) is 4.90 Å². The fraction of sp³-hybridized carbons (Fsp3) is 0.192. The van der Waals surface area contributed by atoms with Crippen molar-refractivity contribution in [1.29, 1.82) is 0 Å². The van der Waals surface area contributed by atoms with Crippen LogP contribution in [-0.2, 0) is 16.6 Å². The summed E-state index contributed by atoms with van der Waals surface area (Å²) < 4.78 is 8.01. The van der Waals surface area contributed by atoms with Gasteiger partial charge in [-0.1, -0.05) is 25.1 Å². The number of nitrogens with one attached hydrogen (secondary N) is 1.